The zero-order chi connectivity index (χ0) is 12.0. The Balaban J connectivity index is 2.20. The maximum Gasteiger partial charge on any atom is 0.265 e. The first-order valence-electron chi connectivity index (χ1n) is 5.48. The molecule has 1 amide bonds. The van der Waals surface area contributed by atoms with Crippen LogP contribution in [0.25, 0.3) is 0 Å². The third kappa shape index (κ3) is 1.45. The normalized spacial score (nSPS) is 21.4. The van der Waals surface area contributed by atoms with Crippen molar-refractivity contribution in [1.82, 2.24) is 4.90 Å². The van der Waals surface area contributed by atoms with Crippen LogP contribution in [0.4, 0.5) is 0 Å². The van der Waals surface area contributed by atoms with Crippen molar-refractivity contribution in [2.75, 3.05) is 0 Å². The van der Waals surface area contributed by atoms with Gasteiger partial charge in [-0.3, -0.25) is 9.59 Å². The first-order valence-corrected chi connectivity index (χ1v) is 5.48. The first kappa shape index (κ1) is 10.1. The highest BCUT2D eigenvalue weighted by molar-refractivity contribution is 5.97. The second-order valence-corrected chi connectivity index (χ2v) is 4.23. The minimum absolute atomic E-state index is 0.0371. The zero-order valence-electron chi connectivity index (χ0n) is 9.34. The van der Waals surface area contributed by atoms with E-state index in [9.17, 15) is 9.59 Å². The first-order chi connectivity index (χ1) is 8.16. The second kappa shape index (κ2) is 3.45. The average molecular weight is 229 g/mol. The van der Waals surface area contributed by atoms with Gasteiger partial charge in [0, 0.05) is 18.7 Å². The van der Waals surface area contributed by atoms with Gasteiger partial charge in [0.05, 0.1) is 6.04 Å². The van der Waals surface area contributed by atoms with Gasteiger partial charge in [-0.05, 0) is 13.0 Å². The van der Waals surface area contributed by atoms with Gasteiger partial charge in [-0.2, -0.15) is 0 Å². The molecule has 0 aliphatic carbocycles. The Hall–Kier alpha value is -2.10. The van der Waals surface area contributed by atoms with E-state index in [4.69, 9.17) is 4.42 Å². The highest BCUT2D eigenvalue weighted by Gasteiger charge is 2.34. The molecule has 0 fully saturated rings. The minimum Gasteiger partial charge on any atom is -0.465 e. The molecule has 0 aromatic carbocycles. The van der Waals surface area contributed by atoms with Crippen LogP contribution in [0.1, 0.15) is 21.9 Å². The van der Waals surface area contributed by atoms with Gasteiger partial charge in [-0.1, -0.05) is 12.2 Å². The molecule has 0 saturated carbocycles. The van der Waals surface area contributed by atoms with E-state index in [2.05, 4.69) is 0 Å². The van der Waals surface area contributed by atoms with Crippen LogP contribution in [-0.4, -0.2) is 16.8 Å². The number of carbonyl (C=O) groups excluding carboxylic acids is 1. The molecule has 3 rings (SSSR count). The van der Waals surface area contributed by atoms with E-state index in [1.54, 1.807) is 24.1 Å². The summed E-state index contributed by atoms with van der Waals surface area (Å²) in [7, 11) is 0. The van der Waals surface area contributed by atoms with Crippen LogP contribution in [-0.2, 0) is 6.42 Å². The Kier molecular flexibility index (Phi) is 2.04. The van der Waals surface area contributed by atoms with Crippen molar-refractivity contribution in [3.63, 3.8) is 0 Å². The van der Waals surface area contributed by atoms with Crippen molar-refractivity contribution >= 4 is 5.91 Å². The summed E-state index contributed by atoms with van der Waals surface area (Å²) in [5.74, 6) is 0.775. The van der Waals surface area contributed by atoms with Gasteiger partial charge in [0.1, 0.15) is 17.1 Å². The summed E-state index contributed by atoms with van der Waals surface area (Å²) in [6.07, 6.45) is 7.87. The molecule has 0 spiro atoms. The van der Waals surface area contributed by atoms with Gasteiger partial charge in [0.2, 0.25) is 0 Å². The van der Waals surface area contributed by atoms with Crippen molar-refractivity contribution in [2.45, 2.75) is 19.4 Å². The molecule has 0 saturated heterocycles. The fourth-order valence-electron chi connectivity index (χ4n) is 2.28. The standard InChI is InChI=1S/C13H11NO3/c1-8-6-10(15)12-11(17-8)7-9-4-2-3-5-14(9)13(12)16/h2-6,9H,7H2,1H3. The zero-order valence-corrected chi connectivity index (χ0v) is 9.34. The SMILES string of the molecule is Cc1cc(=O)c2c(o1)CC1C=CC=CN1C2=O. The molecule has 0 bridgehead atoms. The maximum absolute atomic E-state index is 12.2. The molecule has 1 unspecified atom stereocenters. The molecule has 1 aromatic heterocycles. The predicted octanol–water partition coefficient (Wildman–Crippen LogP) is 1.40. The highest BCUT2D eigenvalue weighted by Crippen LogP contribution is 2.24. The molecule has 1 aromatic rings. The molecule has 1 atom stereocenters. The molecule has 4 nitrogen and oxygen atoms in total. The highest BCUT2D eigenvalue weighted by atomic mass is 16.3. The van der Waals surface area contributed by atoms with Crippen LogP contribution >= 0.6 is 0 Å². The number of rotatable bonds is 0. The number of hydrogen-bond acceptors (Lipinski definition) is 3. The molecule has 0 N–H and O–H groups in total. The number of aryl methyl sites for hydroxylation is 1. The van der Waals surface area contributed by atoms with Gasteiger partial charge in [0.15, 0.2) is 5.43 Å². The van der Waals surface area contributed by atoms with E-state index >= 15 is 0 Å². The Morgan fingerprint density at radius 3 is 3.00 bits per heavy atom. The minimum atomic E-state index is -0.273. The van der Waals surface area contributed by atoms with Crippen molar-refractivity contribution in [3.8, 4) is 0 Å². The lowest BCUT2D eigenvalue weighted by molar-refractivity contribution is 0.0757. The van der Waals surface area contributed by atoms with Crippen molar-refractivity contribution in [1.29, 1.82) is 0 Å². The largest absolute Gasteiger partial charge is 0.465 e. The monoisotopic (exact) mass is 229 g/mol. The molecule has 4 heteroatoms. The second-order valence-electron chi connectivity index (χ2n) is 4.23. The topological polar surface area (TPSA) is 50.5 Å². The van der Waals surface area contributed by atoms with E-state index in [1.807, 2.05) is 12.2 Å². The molecule has 2 aliphatic heterocycles. The summed E-state index contributed by atoms with van der Waals surface area (Å²) in [4.78, 5) is 25.6. The molecule has 0 radical (unpaired) electrons. The van der Waals surface area contributed by atoms with Crippen molar-refractivity contribution in [3.05, 3.63) is 57.8 Å². The lowest BCUT2D eigenvalue weighted by Crippen LogP contribution is -2.44. The number of hydrogen-bond donors (Lipinski definition) is 0. The van der Waals surface area contributed by atoms with E-state index in [-0.39, 0.29) is 22.9 Å². The van der Waals surface area contributed by atoms with E-state index in [0.717, 1.165) is 0 Å². The van der Waals surface area contributed by atoms with E-state index < -0.39 is 0 Å². The molecular weight excluding hydrogens is 218 g/mol. The number of amides is 1. The smallest absolute Gasteiger partial charge is 0.265 e. The molecular formula is C13H11NO3. The van der Waals surface area contributed by atoms with Crippen LogP contribution in [0, 0.1) is 6.92 Å². The summed E-state index contributed by atoms with van der Waals surface area (Å²) >= 11 is 0. The van der Waals surface area contributed by atoms with Crippen molar-refractivity contribution < 1.29 is 9.21 Å². The predicted molar refractivity (Wildman–Crippen MR) is 61.7 cm³/mol. The fourth-order valence-corrected chi connectivity index (χ4v) is 2.28. The number of carbonyl (C=O) groups is 1. The Bertz CT molecular complexity index is 610. The van der Waals surface area contributed by atoms with Crippen LogP contribution in [0.5, 0.6) is 0 Å². The van der Waals surface area contributed by atoms with E-state index in [0.29, 0.717) is 17.9 Å². The van der Waals surface area contributed by atoms with Crippen LogP contribution in [0.2, 0.25) is 0 Å². The third-order valence-electron chi connectivity index (χ3n) is 3.04. The summed E-state index contributed by atoms with van der Waals surface area (Å²) in [6.45, 7) is 1.72. The van der Waals surface area contributed by atoms with Crippen LogP contribution in [0.15, 0.2) is 39.7 Å². The summed E-state index contributed by atoms with van der Waals surface area (Å²) in [6, 6.07) is 1.32. The summed E-state index contributed by atoms with van der Waals surface area (Å²) < 4.78 is 5.49. The Morgan fingerprint density at radius 1 is 1.35 bits per heavy atom. The van der Waals surface area contributed by atoms with Gasteiger partial charge in [-0.15, -0.1) is 0 Å². The third-order valence-corrected chi connectivity index (χ3v) is 3.04. The fraction of sp³-hybridized carbons (Fsp3) is 0.231. The van der Waals surface area contributed by atoms with Crippen LogP contribution < -0.4 is 5.43 Å². The quantitative estimate of drug-likeness (QED) is 0.675. The molecule has 3 heterocycles. The number of allylic oxidation sites excluding steroid dienone is 2. The van der Waals surface area contributed by atoms with Gasteiger partial charge in [-0.25, -0.2) is 0 Å². The summed E-state index contributed by atoms with van der Waals surface area (Å²) in [5.41, 5.74) is -0.0815. The maximum atomic E-state index is 12.2. The lowest BCUT2D eigenvalue weighted by atomic mass is 9.97. The Labute approximate surface area is 97.8 Å². The summed E-state index contributed by atoms with van der Waals surface area (Å²) in [5, 5.41) is 0. The molecule has 86 valence electrons. The number of nitrogens with zero attached hydrogens (tertiary/aromatic N) is 1. The van der Waals surface area contributed by atoms with Crippen molar-refractivity contribution in [2.24, 2.45) is 0 Å². The van der Waals surface area contributed by atoms with Crippen LogP contribution in [0.3, 0.4) is 0 Å². The molecule has 2 aliphatic rings. The van der Waals surface area contributed by atoms with Gasteiger partial charge >= 0.3 is 0 Å². The number of fused-ring (bicyclic) bond motifs is 2. The van der Waals surface area contributed by atoms with Gasteiger partial charge in [0.25, 0.3) is 5.91 Å². The Morgan fingerprint density at radius 2 is 2.18 bits per heavy atom. The average Bonchev–Trinajstić information content (AvgIpc) is 2.28. The van der Waals surface area contributed by atoms with E-state index in [1.165, 1.54) is 6.07 Å². The van der Waals surface area contributed by atoms with Gasteiger partial charge < -0.3 is 9.32 Å². The molecule has 17 heavy (non-hydrogen) atoms. The lowest BCUT2D eigenvalue weighted by Gasteiger charge is -2.32.